The van der Waals surface area contributed by atoms with Crippen molar-refractivity contribution in [2.24, 2.45) is 0 Å². The summed E-state index contributed by atoms with van der Waals surface area (Å²) in [7, 11) is 0. The van der Waals surface area contributed by atoms with Gasteiger partial charge in [0.05, 0.1) is 11.3 Å². The molecule has 1 aliphatic rings. The SMILES string of the molecule is Cc1nc(C2CCN(C(=O)c3cnc4c(c3)ncn4-c3ccccc3)CC2)cc(=O)[nH]1. The Hall–Kier alpha value is -3.81. The molecule has 0 radical (unpaired) electrons. The fraction of sp³-hybridized carbons (Fsp3) is 0.261. The summed E-state index contributed by atoms with van der Waals surface area (Å²) in [6.07, 6.45) is 4.91. The first-order chi connectivity index (χ1) is 15.1. The van der Waals surface area contributed by atoms with Crippen molar-refractivity contribution in [2.75, 3.05) is 13.1 Å². The van der Waals surface area contributed by atoms with E-state index in [1.807, 2.05) is 39.8 Å². The van der Waals surface area contributed by atoms with Crippen molar-refractivity contribution in [1.29, 1.82) is 0 Å². The third kappa shape index (κ3) is 3.72. The molecule has 3 aromatic heterocycles. The average molecular weight is 414 g/mol. The lowest BCUT2D eigenvalue weighted by Gasteiger charge is -2.31. The number of hydrogen-bond donors (Lipinski definition) is 1. The number of fused-ring (bicyclic) bond motifs is 1. The van der Waals surface area contributed by atoms with Crippen molar-refractivity contribution in [2.45, 2.75) is 25.7 Å². The third-order valence-electron chi connectivity index (χ3n) is 5.75. The molecular formula is C23H22N6O2. The predicted molar refractivity (Wildman–Crippen MR) is 116 cm³/mol. The number of amides is 1. The first-order valence-corrected chi connectivity index (χ1v) is 10.3. The van der Waals surface area contributed by atoms with Gasteiger partial charge in [-0.3, -0.25) is 14.2 Å². The summed E-state index contributed by atoms with van der Waals surface area (Å²) in [4.78, 5) is 42.7. The van der Waals surface area contributed by atoms with Crippen LogP contribution in [0, 0.1) is 6.92 Å². The Morgan fingerprint density at radius 3 is 2.61 bits per heavy atom. The molecule has 0 spiro atoms. The van der Waals surface area contributed by atoms with Crippen LogP contribution in [0.4, 0.5) is 0 Å². The lowest BCUT2D eigenvalue weighted by Crippen LogP contribution is -2.38. The van der Waals surface area contributed by atoms with E-state index in [9.17, 15) is 9.59 Å². The summed E-state index contributed by atoms with van der Waals surface area (Å²) in [6.45, 7) is 3.02. The number of nitrogens with one attached hydrogen (secondary N) is 1. The molecule has 0 atom stereocenters. The van der Waals surface area contributed by atoms with Gasteiger partial charge < -0.3 is 9.88 Å². The Balaban J connectivity index is 1.32. The Bertz CT molecular complexity index is 1300. The Kier molecular flexibility index (Phi) is 4.82. The number of carbonyl (C=O) groups is 1. The summed E-state index contributed by atoms with van der Waals surface area (Å²) in [5, 5.41) is 0. The van der Waals surface area contributed by atoms with Gasteiger partial charge in [-0.15, -0.1) is 0 Å². The van der Waals surface area contributed by atoms with Crippen LogP contribution < -0.4 is 5.56 Å². The largest absolute Gasteiger partial charge is 0.339 e. The topological polar surface area (TPSA) is 96.8 Å². The van der Waals surface area contributed by atoms with E-state index < -0.39 is 0 Å². The molecule has 31 heavy (non-hydrogen) atoms. The minimum Gasteiger partial charge on any atom is -0.339 e. The molecule has 5 rings (SSSR count). The molecule has 0 unspecified atom stereocenters. The van der Waals surface area contributed by atoms with Crippen molar-refractivity contribution in [3.63, 3.8) is 0 Å². The second-order valence-electron chi connectivity index (χ2n) is 7.84. The fourth-order valence-electron chi connectivity index (χ4n) is 4.17. The van der Waals surface area contributed by atoms with Crippen LogP contribution in [0.25, 0.3) is 16.9 Å². The molecule has 1 aliphatic heterocycles. The van der Waals surface area contributed by atoms with Gasteiger partial charge in [-0.25, -0.2) is 15.0 Å². The monoisotopic (exact) mass is 414 g/mol. The van der Waals surface area contributed by atoms with Crippen LogP contribution in [0.15, 0.2) is 59.8 Å². The normalized spacial score (nSPS) is 14.8. The number of piperidine rings is 1. The Labute approximate surface area is 178 Å². The standard InChI is InChI=1S/C23H22N6O2/c1-15-26-19(12-21(30)27-15)16-7-9-28(10-8-16)23(31)17-11-20-22(24-13-17)29(14-25-20)18-5-3-2-4-6-18/h2-6,11-14,16H,7-10H2,1H3,(H,26,27,30). The summed E-state index contributed by atoms with van der Waals surface area (Å²) in [6, 6.07) is 13.2. The number of nitrogens with zero attached hydrogens (tertiary/aromatic N) is 5. The van der Waals surface area contributed by atoms with E-state index in [4.69, 9.17) is 0 Å². The van der Waals surface area contributed by atoms with Gasteiger partial charge in [0.15, 0.2) is 5.65 Å². The number of aromatic nitrogens is 5. The highest BCUT2D eigenvalue weighted by Gasteiger charge is 2.26. The zero-order valence-corrected chi connectivity index (χ0v) is 17.2. The van der Waals surface area contributed by atoms with Crippen molar-refractivity contribution >= 4 is 17.1 Å². The highest BCUT2D eigenvalue weighted by atomic mass is 16.2. The summed E-state index contributed by atoms with van der Waals surface area (Å²) < 4.78 is 1.91. The smallest absolute Gasteiger partial charge is 0.255 e. The van der Waals surface area contributed by atoms with Crippen LogP contribution in [0.2, 0.25) is 0 Å². The van der Waals surface area contributed by atoms with E-state index in [0.717, 1.165) is 29.9 Å². The minimum atomic E-state index is -0.129. The Morgan fingerprint density at radius 2 is 1.87 bits per heavy atom. The predicted octanol–water partition coefficient (Wildman–Crippen LogP) is 2.83. The molecule has 4 aromatic rings. The second-order valence-corrected chi connectivity index (χ2v) is 7.84. The highest BCUT2D eigenvalue weighted by molar-refractivity contribution is 5.96. The molecule has 1 N–H and O–H groups in total. The molecule has 8 nitrogen and oxygen atoms in total. The summed E-state index contributed by atoms with van der Waals surface area (Å²) >= 11 is 0. The molecule has 1 amide bonds. The summed E-state index contributed by atoms with van der Waals surface area (Å²) in [5.74, 6) is 0.764. The molecular weight excluding hydrogens is 392 g/mol. The molecule has 0 saturated carbocycles. The number of benzene rings is 1. The molecule has 8 heteroatoms. The molecule has 1 aromatic carbocycles. The first-order valence-electron chi connectivity index (χ1n) is 10.3. The van der Waals surface area contributed by atoms with E-state index in [0.29, 0.717) is 30.0 Å². The van der Waals surface area contributed by atoms with Crippen molar-refractivity contribution < 1.29 is 4.79 Å². The number of H-pyrrole nitrogens is 1. The number of likely N-dealkylation sites (tertiary alicyclic amines) is 1. The van der Waals surface area contributed by atoms with Gasteiger partial charge in [-0.2, -0.15) is 0 Å². The molecule has 4 heterocycles. The van der Waals surface area contributed by atoms with Crippen LogP contribution in [-0.4, -0.2) is 48.4 Å². The molecule has 156 valence electrons. The van der Waals surface area contributed by atoms with E-state index in [2.05, 4.69) is 19.9 Å². The fourth-order valence-corrected chi connectivity index (χ4v) is 4.17. The van der Waals surface area contributed by atoms with Crippen LogP contribution in [0.3, 0.4) is 0 Å². The zero-order valence-electron chi connectivity index (χ0n) is 17.2. The van der Waals surface area contributed by atoms with Gasteiger partial charge in [0, 0.05) is 37.0 Å². The maximum atomic E-state index is 13.1. The van der Waals surface area contributed by atoms with E-state index >= 15 is 0 Å². The first kappa shape index (κ1) is 19.2. The van der Waals surface area contributed by atoms with E-state index in [-0.39, 0.29) is 17.4 Å². The number of pyridine rings is 1. The quantitative estimate of drug-likeness (QED) is 0.556. The lowest BCUT2D eigenvalue weighted by atomic mass is 9.93. The maximum Gasteiger partial charge on any atom is 0.255 e. The van der Waals surface area contributed by atoms with Gasteiger partial charge >= 0.3 is 0 Å². The number of imidazole rings is 1. The summed E-state index contributed by atoms with van der Waals surface area (Å²) in [5.41, 5.74) is 3.60. The van der Waals surface area contributed by atoms with Gasteiger partial charge in [-0.05, 0) is 38.0 Å². The van der Waals surface area contributed by atoms with Gasteiger partial charge in [-0.1, -0.05) is 18.2 Å². The molecule has 0 aliphatic carbocycles. The Morgan fingerprint density at radius 1 is 1.10 bits per heavy atom. The van der Waals surface area contributed by atoms with E-state index in [1.165, 1.54) is 0 Å². The van der Waals surface area contributed by atoms with Crippen LogP contribution in [0.1, 0.15) is 40.6 Å². The lowest BCUT2D eigenvalue weighted by molar-refractivity contribution is 0.0711. The number of carbonyl (C=O) groups excluding carboxylic acids is 1. The average Bonchev–Trinajstić information content (AvgIpc) is 3.22. The number of para-hydroxylation sites is 1. The highest BCUT2D eigenvalue weighted by Crippen LogP contribution is 2.27. The molecule has 1 fully saturated rings. The van der Waals surface area contributed by atoms with Crippen molar-refractivity contribution in [1.82, 2.24) is 29.4 Å². The number of aromatic amines is 1. The van der Waals surface area contributed by atoms with Crippen molar-refractivity contribution in [3.8, 4) is 5.69 Å². The molecule has 0 bridgehead atoms. The third-order valence-corrected chi connectivity index (χ3v) is 5.75. The molecule has 1 saturated heterocycles. The van der Waals surface area contributed by atoms with Gasteiger partial charge in [0.1, 0.15) is 17.7 Å². The van der Waals surface area contributed by atoms with Gasteiger partial charge in [0.25, 0.3) is 11.5 Å². The van der Waals surface area contributed by atoms with Crippen LogP contribution >= 0.6 is 0 Å². The van der Waals surface area contributed by atoms with Crippen molar-refractivity contribution in [3.05, 3.63) is 82.4 Å². The number of hydrogen-bond acceptors (Lipinski definition) is 5. The zero-order chi connectivity index (χ0) is 21.4. The second kappa shape index (κ2) is 7.79. The van der Waals surface area contributed by atoms with Crippen LogP contribution in [-0.2, 0) is 0 Å². The number of rotatable bonds is 3. The maximum absolute atomic E-state index is 13.1. The van der Waals surface area contributed by atoms with Gasteiger partial charge in [0.2, 0.25) is 0 Å². The number of aryl methyl sites for hydroxylation is 1. The van der Waals surface area contributed by atoms with E-state index in [1.54, 1.807) is 31.6 Å². The minimum absolute atomic E-state index is 0.0443. The van der Waals surface area contributed by atoms with Crippen LogP contribution in [0.5, 0.6) is 0 Å².